The van der Waals surface area contributed by atoms with Crippen LogP contribution in [0.3, 0.4) is 0 Å². The number of carbonyl (C=O) groups is 1. The number of benzene rings is 1. The lowest BCUT2D eigenvalue weighted by Crippen LogP contribution is -2.37. The minimum Gasteiger partial charge on any atom is -0.395 e. The van der Waals surface area contributed by atoms with Gasteiger partial charge in [-0.2, -0.15) is 0 Å². The van der Waals surface area contributed by atoms with E-state index in [0.717, 1.165) is 12.8 Å². The Balaban J connectivity index is 2.69. The third-order valence-corrected chi connectivity index (χ3v) is 3.10. The van der Waals surface area contributed by atoms with Gasteiger partial charge in [-0.15, -0.1) is 0 Å². The Morgan fingerprint density at radius 2 is 2.21 bits per heavy atom. The van der Waals surface area contributed by atoms with Crippen LogP contribution in [0.1, 0.15) is 19.8 Å². The van der Waals surface area contributed by atoms with Gasteiger partial charge in [0.25, 0.3) is 0 Å². The normalized spacial score (nSPS) is 10.3. The van der Waals surface area contributed by atoms with E-state index in [1.54, 1.807) is 6.07 Å². The van der Waals surface area contributed by atoms with Crippen molar-refractivity contribution >= 4 is 27.6 Å². The fourth-order valence-corrected chi connectivity index (χ4v) is 1.90. The predicted octanol–water partition coefficient (Wildman–Crippen LogP) is 3.21. The van der Waals surface area contributed by atoms with E-state index in [-0.39, 0.29) is 18.8 Å². The summed E-state index contributed by atoms with van der Waals surface area (Å²) in [5.74, 6) is -0.498. The van der Waals surface area contributed by atoms with Crippen molar-refractivity contribution in [3.05, 3.63) is 28.5 Å². The van der Waals surface area contributed by atoms with Gasteiger partial charge in [0.1, 0.15) is 5.82 Å². The van der Waals surface area contributed by atoms with Crippen molar-refractivity contribution < 1.29 is 14.3 Å². The van der Waals surface area contributed by atoms with Gasteiger partial charge in [-0.05, 0) is 24.6 Å². The van der Waals surface area contributed by atoms with E-state index >= 15 is 0 Å². The largest absolute Gasteiger partial charge is 0.395 e. The summed E-state index contributed by atoms with van der Waals surface area (Å²) in [5.41, 5.74) is 0.132. The van der Waals surface area contributed by atoms with Crippen LogP contribution in [0.5, 0.6) is 0 Å². The molecule has 0 atom stereocenters. The Hall–Kier alpha value is -1.14. The van der Waals surface area contributed by atoms with Gasteiger partial charge < -0.3 is 15.3 Å². The molecule has 0 saturated carbocycles. The first kappa shape index (κ1) is 15.9. The minimum absolute atomic E-state index is 0.111. The Morgan fingerprint density at radius 1 is 1.47 bits per heavy atom. The number of nitrogens with zero attached hydrogens (tertiary/aromatic N) is 1. The summed E-state index contributed by atoms with van der Waals surface area (Å²) in [5, 5.41) is 11.5. The van der Waals surface area contributed by atoms with Crippen LogP contribution in [0.4, 0.5) is 14.9 Å². The van der Waals surface area contributed by atoms with E-state index in [0.29, 0.717) is 11.0 Å². The number of aliphatic hydroxyl groups is 1. The average Bonchev–Trinajstić information content (AvgIpc) is 2.37. The van der Waals surface area contributed by atoms with Crippen LogP contribution in [0, 0.1) is 5.82 Å². The standard InChI is InChI=1S/C13H18BrFN2O2/c1-2-3-6-17(7-8-18)13(19)16-12-5-4-10(14)9-11(12)15/h4-5,9,18H,2-3,6-8H2,1H3,(H,16,19). The Morgan fingerprint density at radius 3 is 2.79 bits per heavy atom. The zero-order valence-electron chi connectivity index (χ0n) is 10.8. The highest BCUT2D eigenvalue weighted by Crippen LogP contribution is 2.19. The molecule has 0 spiro atoms. The van der Waals surface area contributed by atoms with E-state index in [4.69, 9.17) is 5.11 Å². The van der Waals surface area contributed by atoms with Crippen LogP contribution in [-0.4, -0.2) is 35.7 Å². The molecule has 1 rings (SSSR count). The fourth-order valence-electron chi connectivity index (χ4n) is 1.57. The quantitative estimate of drug-likeness (QED) is 0.840. The van der Waals surface area contributed by atoms with E-state index in [1.165, 1.54) is 17.0 Å². The fraction of sp³-hybridized carbons (Fsp3) is 0.462. The molecule has 0 aliphatic heterocycles. The topological polar surface area (TPSA) is 52.6 Å². The summed E-state index contributed by atoms with van der Waals surface area (Å²) in [6, 6.07) is 4.04. The molecule has 0 fully saturated rings. The summed E-state index contributed by atoms with van der Waals surface area (Å²) < 4.78 is 14.2. The van der Waals surface area contributed by atoms with Gasteiger partial charge in [0, 0.05) is 17.6 Å². The number of urea groups is 1. The maximum Gasteiger partial charge on any atom is 0.322 e. The molecule has 0 aliphatic carbocycles. The zero-order valence-corrected chi connectivity index (χ0v) is 12.4. The summed E-state index contributed by atoms with van der Waals surface area (Å²) >= 11 is 3.15. The predicted molar refractivity (Wildman–Crippen MR) is 76.7 cm³/mol. The summed E-state index contributed by atoms with van der Waals surface area (Å²) in [7, 11) is 0. The number of hydrogen-bond acceptors (Lipinski definition) is 2. The van der Waals surface area contributed by atoms with Gasteiger partial charge in [0.15, 0.2) is 0 Å². The number of hydrogen-bond donors (Lipinski definition) is 2. The van der Waals surface area contributed by atoms with E-state index in [1.807, 2.05) is 6.92 Å². The summed E-state index contributed by atoms with van der Waals surface area (Å²) in [6.07, 6.45) is 1.79. The molecule has 106 valence electrons. The third-order valence-electron chi connectivity index (χ3n) is 2.61. The number of unbranched alkanes of at least 4 members (excludes halogenated alkanes) is 1. The lowest BCUT2D eigenvalue weighted by Gasteiger charge is -2.22. The lowest BCUT2D eigenvalue weighted by molar-refractivity contribution is 0.187. The van der Waals surface area contributed by atoms with E-state index in [9.17, 15) is 9.18 Å². The van der Waals surface area contributed by atoms with Crippen LogP contribution < -0.4 is 5.32 Å². The number of aliphatic hydroxyl groups excluding tert-OH is 1. The second kappa shape index (κ2) is 8.12. The first-order valence-electron chi connectivity index (χ1n) is 6.20. The van der Waals surface area contributed by atoms with Crippen molar-refractivity contribution in [3.8, 4) is 0 Å². The molecule has 0 bridgehead atoms. The third kappa shape index (κ3) is 5.16. The molecule has 19 heavy (non-hydrogen) atoms. The molecule has 0 radical (unpaired) electrons. The van der Waals surface area contributed by atoms with Crippen LogP contribution in [-0.2, 0) is 0 Å². The molecule has 2 amide bonds. The smallest absolute Gasteiger partial charge is 0.322 e. The van der Waals surface area contributed by atoms with Gasteiger partial charge in [0.2, 0.25) is 0 Å². The number of nitrogens with one attached hydrogen (secondary N) is 1. The second-order valence-electron chi connectivity index (χ2n) is 4.12. The maximum absolute atomic E-state index is 13.6. The highest BCUT2D eigenvalue weighted by molar-refractivity contribution is 9.10. The summed E-state index contributed by atoms with van der Waals surface area (Å²) in [4.78, 5) is 13.4. The van der Waals surface area contributed by atoms with E-state index < -0.39 is 11.8 Å². The molecule has 0 heterocycles. The van der Waals surface area contributed by atoms with Crippen LogP contribution in [0.15, 0.2) is 22.7 Å². The molecule has 0 aromatic heterocycles. The molecule has 6 heteroatoms. The van der Waals surface area contributed by atoms with Gasteiger partial charge in [-0.3, -0.25) is 0 Å². The van der Waals surface area contributed by atoms with Crippen LogP contribution >= 0.6 is 15.9 Å². The molecule has 4 nitrogen and oxygen atoms in total. The molecule has 1 aromatic rings. The average molecular weight is 333 g/mol. The van der Waals surface area contributed by atoms with Gasteiger partial charge >= 0.3 is 6.03 Å². The molecule has 2 N–H and O–H groups in total. The van der Waals surface area contributed by atoms with Crippen LogP contribution in [0.2, 0.25) is 0 Å². The SMILES string of the molecule is CCCCN(CCO)C(=O)Nc1ccc(Br)cc1F. The Bertz CT molecular complexity index is 429. The van der Waals surface area contributed by atoms with E-state index in [2.05, 4.69) is 21.2 Å². The van der Waals surface area contributed by atoms with Crippen molar-refractivity contribution in [2.45, 2.75) is 19.8 Å². The van der Waals surface area contributed by atoms with Crippen LogP contribution in [0.25, 0.3) is 0 Å². The Labute approximate surface area is 120 Å². The molecular weight excluding hydrogens is 315 g/mol. The summed E-state index contributed by atoms with van der Waals surface area (Å²) in [6.45, 7) is 2.69. The highest BCUT2D eigenvalue weighted by Gasteiger charge is 2.14. The number of amides is 2. The number of halogens is 2. The van der Waals surface area contributed by atoms with Crippen molar-refractivity contribution in [1.29, 1.82) is 0 Å². The second-order valence-corrected chi connectivity index (χ2v) is 5.03. The first-order valence-corrected chi connectivity index (χ1v) is 6.99. The molecule has 1 aromatic carbocycles. The van der Waals surface area contributed by atoms with Crippen molar-refractivity contribution in [2.24, 2.45) is 0 Å². The minimum atomic E-state index is -0.498. The first-order chi connectivity index (χ1) is 9.08. The zero-order chi connectivity index (χ0) is 14.3. The Kier molecular flexibility index (Phi) is 6.80. The highest BCUT2D eigenvalue weighted by atomic mass is 79.9. The number of rotatable bonds is 6. The molecule has 0 saturated heterocycles. The van der Waals surface area contributed by atoms with Gasteiger partial charge in [-0.25, -0.2) is 9.18 Å². The molecule has 0 unspecified atom stereocenters. The lowest BCUT2D eigenvalue weighted by atomic mass is 10.3. The molecule has 0 aliphatic rings. The monoisotopic (exact) mass is 332 g/mol. The van der Waals surface area contributed by atoms with Gasteiger partial charge in [-0.1, -0.05) is 29.3 Å². The van der Waals surface area contributed by atoms with Crippen molar-refractivity contribution in [3.63, 3.8) is 0 Å². The number of carbonyl (C=O) groups excluding carboxylic acids is 1. The van der Waals surface area contributed by atoms with Crippen molar-refractivity contribution in [1.82, 2.24) is 4.90 Å². The van der Waals surface area contributed by atoms with Gasteiger partial charge in [0.05, 0.1) is 12.3 Å². The van der Waals surface area contributed by atoms with Crippen molar-refractivity contribution in [2.75, 3.05) is 25.0 Å². The number of anilines is 1. The molecular formula is C13H18BrFN2O2. The maximum atomic E-state index is 13.6.